The van der Waals surface area contributed by atoms with Gasteiger partial charge in [0.15, 0.2) is 0 Å². The summed E-state index contributed by atoms with van der Waals surface area (Å²) in [6, 6.07) is 97.2. The third-order valence-corrected chi connectivity index (χ3v) is 11.4. The van der Waals surface area contributed by atoms with Gasteiger partial charge in [0.25, 0.3) is 0 Å². The Morgan fingerprint density at radius 2 is 0.304 bits per heavy atom. The van der Waals surface area contributed by atoms with Crippen LogP contribution in [0.3, 0.4) is 0 Å². The molecule has 10 rings (SSSR count). The highest BCUT2D eigenvalue weighted by Gasteiger charge is 2.16. The number of nitrogens with zero attached hydrogens (tertiary/aromatic N) is 3. The molecule has 0 heterocycles. The summed E-state index contributed by atoms with van der Waals surface area (Å²) >= 11 is 0. The number of hydrogen-bond donors (Lipinski definition) is 0. The van der Waals surface area contributed by atoms with Crippen LogP contribution in [0.4, 0.5) is 51.2 Å². The van der Waals surface area contributed by atoms with Crippen molar-refractivity contribution >= 4 is 51.2 Å². The lowest BCUT2D eigenvalue weighted by molar-refractivity contribution is 1.28. The molecule has 69 heavy (non-hydrogen) atoms. The van der Waals surface area contributed by atoms with Gasteiger partial charge in [-0.2, -0.15) is 0 Å². The molecule has 0 aliphatic carbocycles. The molecule has 0 spiro atoms. The van der Waals surface area contributed by atoms with Crippen LogP contribution in [0.5, 0.6) is 0 Å². The highest BCUT2D eigenvalue weighted by atomic mass is 15.2. The summed E-state index contributed by atoms with van der Waals surface area (Å²) < 4.78 is 0. The molecular weight excluding hydrogens is 835 g/mol. The standard InChI is InChI=1S/C60H45N3.3C2H6/c1-7-19-52(20-8-1)61(53-21-9-2-10-22-53)58-37-31-46(32-38-58)49-43-50(47-33-39-59(40-34-47)62(54-23-11-3-12-24-54)55-25-13-4-14-26-55)45-51(44-49)48-35-41-60(42-36-48)63(56-27-15-5-16-28-56)57-29-17-6-18-30-57;3*1-2/h1-45H;3*1-2H3. The van der Waals surface area contributed by atoms with Gasteiger partial charge in [0.1, 0.15) is 0 Å². The van der Waals surface area contributed by atoms with Crippen molar-refractivity contribution in [1.82, 2.24) is 0 Å². The van der Waals surface area contributed by atoms with Crippen molar-refractivity contribution in [2.45, 2.75) is 41.5 Å². The van der Waals surface area contributed by atoms with Crippen LogP contribution in [0.1, 0.15) is 41.5 Å². The second-order valence-electron chi connectivity index (χ2n) is 15.5. The number of anilines is 9. The van der Waals surface area contributed by atoms with Crippen molar-refractivity contribution < 1.29 is 0 Å². The summed E-state index contributed by atoms with van der Waals surface area (Å²) in [4.78, 5) is 6.91. The zero-order valence-corrected chi connectivity index (χ0v) is 40.8. The average Bonchev–Trinajstić information content (AvgIpc) is 3.45. The normalized spacial score (nSPS) is 10.2. The van der Waals surface area contributed by atoms with E-state index in [2.05, 4.69) is 288 Å². The van der Waals surface area contributed by atoms with E-state index in [1.165, 1.54) is 0 Å². The van der Waals surface area contributed by atoms with E-state index in [4.69, 9.17) is 0 Å². The van der Waals surface area contributed by atoms with Crippen molar-refractivity contribution in [2.75, 3.05) is 14.7 Å². The Labute approximate surface area is 411 Å². The molecule has 0 bridgehead atoms. The maximum Gasteiger partial charge on any atom is 0.0462 e. The highest BCUT2D eigenvalue weighted by molar-refractivity contribution is 5.86. The maximum absolute atomic E-state index is 2.33. The van der Waals surface area contributed by atoms with Crippen LogP contribution < -0.4 is 14.7 Å². The monoisotopic (exact) mass is 898 g/mol. The Morgan fingerprint density at radius 1 is 0.159 bits per heavy atom. The summed E-state index contributed by atoms with van der Waals surface area (Å²) in [5.74, 6) is 0. The Balaban J connectivity index is 0.00000113. The first-order valence-electron chi connectivity index (χ1n) is 24.4. The Kier molecular flexibility index (Phi) is 17.5. The summed E-state index contributed by atoms with van der Waals surface area (Å²) in [7, 11) is 0. The molecule has 0 saturated heterocycles. The predicted molar refractivity (Wildman–Crippen MR) is 301 cm³/mol. The molecule has 0 N–H and O–H groups in total. The molecule has 342 valence electrons. The third-order valence-electron chi connectivity index (χ3n) is 11.4. The van der Waals surface area contributed by atoms with Gasteiger partial charge in [0.05, 0.1) is 0 Å². The molecule has 0 aromatic heterocycles. The van der Waals surface area contributed by atoms with E-state index in [1.54, 1.807) is 0 Å². The minimum atomic E-state index is 1.10. The topological polar surface area (TPSA) is 9.72 Å². The Morgan fingerprint density at radius 3 is 0.464 bits per heavy atom. The molecule has 10 aromatic carbocycles. The lowest BCUT2D eigenvalue weighted by atomic mass is 9.93. The highest BCUT2D eigenvalue weighted by Crippen LogP contribution is 2.41. The van der Waals surface area contributed by atoms with Crippen LogP contribution in [-0.4, -0.2) is 0 Å². The molecule has 3 nitrogen and oxygen atoms in total. The van der Waals surface area contributed by atoms with Gasteiger partial charge in [-0.05, 0) is 161 Å². The van der Waals surface area contributed by atoms with E-state index in [0.717, 1.165) is 84.6 Å². The molecule has 0 amide bonds. The number of para-hydroxylation sites is 6. The van der Waals surface area contributed by atoms with E-state index in [-0.39, 0.29) is 0 Å². The number of rotatable bonds is 12. The van der Waals surface area contributed by atoms with Crippen LogP contribution in [0.25, 0.3) is 33.4 Å². The minimum Gasteiger partial charge on any atom is -0.311 e. The first kappa shape index (κ1) is 48.5. The van der Waals surface area contributed by atoms with Gasteiger partial charge in [-0.15, -0.1) is 0 Å². The lowest BCUT2D eigenvalue weighted by Crippen LogP contribution is -2.09. The fourth-order valence-corrected chi connectivity index (χ4v) is 8.34. The fraction of sp³-hybridized carbons (Fsp3) is 0.0909. The minimum absolute atomic E-state index is 1.10. The van der Waals surface area contributed by atoms with E-state index >= 15 is 0 Å². The van der Waals surface area contributed by atoms with Crippen molar-refractivity contribution in [2.24, 2.45) is 0 Å². The van der Waals surface area contributed by atoms with Gasteiger partial charge in [-0.3, -0.25) is 0 Å². The molecule has 0 aliphatic heterocycles. The first-order chi connectivity index (χ1) is 34.2. The van der Waals surface area contributed by atoms with Crippen molar-refractivity contribution in [1.29, 1.82) is 0 Å². The van der Waals surface area contributed by atoms with E-state index in [0.29, 0.717) is 0 Å². The molecular formula is C66H63N3. The number of benzene rings is 10. The quantitative estimate of drug-likeness (QED) is 0.121. The van der Waals surface area contributed by atoms with Gasteiger partial charge in [0, 0.05) is 51.2 Å². The Bertz CT molecular complexity index is 2530. The summed E-state index contributed by atoms with van der Waals surface area (Å²) in [6.45, 7) is 12.0. The molecule has 0 fully saturated rings. The largest absolute Gasteiger partial charge is 0.311 e. The van der Waals surface area contributed by atoms with Crippen molar-refractivity contribution in [3.8, 4) is 33.4 Å². The molecule has 0 radical (unpaired) electrons. The smallest absolute Gasteiger partial charge is 0.0462 e. The SMILES string of the molecule is CC.CC.CC.c1ccc(N(c2ccccc2)c2ccc(-c3cc(-c4ccc(N(c5ccccc5)c5ccccc5)cc4)cc(-c4ccc(N(c5ccccc5)c5ccccc5)cc4)c3)cc2)cc1. The summed E-state index contributed by atoms with van der Waals surface area (Å²) in [6.07, 6.45) is 0. The molecule has 3 heteroatoms. The zero-order chi connectivity index (χ0) is 48.2. The predicted octanol–water partition coefficient (Wildman–Crippen LogP) is 20.2. The maximum atomic E-state index is 2.33. The number of hydrogen-bond acceptors (Lipinski definition) is 3. The summed E-state index contributed by atoms with van der Waals surface area (Å²) in [5, 5.41) is 0. The molecule has 0 aliphatic rings. The van der Waals surface area contributed by atoms with Gasteiger partial charge in [-0.25, -0.2) is 0 Å². The van der Waals surface area contributed by atoms with Crippen LogP contribution >= 0.6 is 0 Å². The molecule has 0 atom stereocenters. The van der Waals surface area contributed by atoms with E-state index < -0.39 is 0 Å². The fourth-order valence-electron chi connectivity index (χ4n) is 8.34. The van der Waals surface area contributed by atoms with Crippen molar-refractivity contribution in [3.63, 3.8) is 0 Å². The molecule has 0 saturated carbocycles. The lowest BCUT2D eigenvalue weighted by Gasteiger charge is -2.26. The third kappa shape index (κ3) is 11.8. The van der Waals surface area contributed by atoms with Crippen LogP contribution in [0.2, 0.25) is 0 Å². The van der Waals surface area contributed by atoms with Gasteiger partial charge in [-0.1, -0.05) is 187 Å². The van der Waals surface area contributed by atoms with Gasteiger partial charge in [0.2, 0.25) is 0 Å². The van der Waals surface area contributed by atoms with Crippen LogP contribution in [0.15, 0.2) is 273 Å². The Hall–Kier alpha value is -8.40. The second kappa shape index (κ2) is 24.9. The first-order valence-corrected chi connectivity index (χ1v) is 24.4. The van der Waals surface area contributed by atoms with Crippen molar-refractivity contribution in [3.05, 3.63) is 273 Å². The van der Waals surface area contributed by atoms with Crippen LogP contribution in [0, 0.1) is 0 Å². The zero-order valence-electron chi connectivity index (χ0n) is 40.8. The second-order valence-corrected chi connectivity index (χ2v) is 15.5. The molecule has 10 aromatic rings. The van der Waals surface area contributed by atoms with Crippen LogP contribution in [-0.2, 0) is 0 Å². The summed E-state index contributed by atoms with van der Waals surface area (Å²) in [5.41, 5.74) is 16.9. The average molecular weight is 898 g/mol. The van der Waals surface area contributed by atoms with E-state index in [9.17, 15) is 0 Å². The van der Waals surface area contributed by atoms with E-state index in [1.807, 2.05) is 41.5 Å². The molecule has 0 unspecified atom stereocenters. The van der Waals surface area contributed by atoms with Gasteiger partial charge >= 0.3 is 0 Å². The van der Waals surface area contributed by atoms with Gasteiger partial charge < -0.3 is 14.7 Å².